The van der Waals surface area contributed by atoms with Crippen LogP contribution in [0.25, 0.3) is 0 Å². The summed E-state index contributed by atoms with van der Waals surface area (Å²) in [4.78, 5) is 30.7. The molecule has 2 amide bonds. The zero-order valence-electron chi connectivity index (χ0n) is 17.4. The van der Waals surface area contributed by atoms with E-state index in [1.807, 2.05) is 18.2 Å². The fourth-order valence-electron chi connectivity index (χ4n) is 3.50. The first-order valence-corrected chi connectivity index (χ1v) is 10.0. The molecule has 2 aromatic rings. The molecule has 0 spiro atoms. The van der Waals surface area contributed by atoms with Crippen LogP contribution in [0.4, 0.5) is 0 Å². The number of nitrogens with zero attached hydrogens (tertiary/aromatic N) is 2. The summed E-state index contributed by atoms with van der Waals surface area (Å²) >= 11 is 0. The van der Waals surface area contributed by atoms with Crippen LogP contribution in [0.3, 0.4) is 0 Å². The van der Waals surface area contributed by atoms with E-state index in [2.05, 4.69) is 15.6 Å². The quantitative estimate of drug-likeness (QED) is 0.678. The maximum Gasteiger partial charge on any atom is 0.255 e. The van der Waals surface area contributed by atoms with Crippen molar-refractivity contribution in [1.29, 1.82) is 0 Å². The van der Waals surface area contributed by atoms with E-state index in [1.165, 1.54) is 0 Å². The van der Waals surface area contributed by atoms with Gasteiger partial charge in [0.25, 0.3) is 5.91 Å². The number of benzene rings is 1. The summed E-state index contributed by atoms with van der Waals surface area (Å²) < 4.78 is 10.5. The minimum absolute atomic E-state index is 0.0383. The molecule has 1 unspecified atom stereocenters. The highest BCUT2D eigenvalue weighted by atomic mass is 16.5. The van der Waals surface area contributed by atoms with Crippen LogP contribution in [-0.2, 0) is 11.2 Å². The van der Waals surface area contributed by atoms with Gasteiger partial charge in [0.05, 0.1) is 19.8 Å². The van der Waals surface area contributed by atoms with Gasteiger partial charge in [-0.25, -0.2) is 0 Å². The van der Waals surface area contributed by atoms with Crippen LogP contribution in [0.5, 0.6) is 11.5 Å². The lowest BCUT2D eigenvalue weighted by molar-refractivity contribution is -0.121. The summed E-state index contributed by atoms with van der Waals surface area (Å²) in [5.74, 6) is 1.26. The Hall–Kier alpha value is -3.13. The molecule has 1 fully saturated rings. The number of hydrogen-bond donors (Lipinski definition) is 2. The summed E-state index contributed by atoms with van der Waals surface area (Å²) in [5, 5.41) is 6.28. The van der Waals surface area contributed by atoms with Crippen LogP contribution in [0.15, 0.2) is 42.7 Å². The number of rotatable bonds is 8. The molecule has 1 aromatic heterocycles. The number of carbonyl (C=O) groups is 2. The molecule has 30 heavy (non-hydrogen) atoms. The molecule has 0 saturated carbocycles. The SMILES string of the molecule is COc1ccc(CCNC(=O)CC2CN(C(=O)c3cccnc3)CCN2)cc1OC. The fraction of sp³-hybridized carbons (Fsp3) is 0.409. The lowest BCUT2D eigenvalue weighted by Gasteiger charge is -2.33. The molecule has 0 bridgehead atoms. The van der Waals surface area contributed by atoms with Gasteiger partial charge in [0.1, 0.15) is 0 Å². The predicted molar refractivity (Wildman–Crippen MR) is 113 cm³/mol. The second-order valence-corrected chi connectivity index (χ2v) is 7.14. The van der Waals surface area contributed by atoms with Gasteiger partial charge in [-0.05, 0) is 36.2 Å². The Labute approximate surface area is 176 Å². The molecule has 3 rings (SSSR count). The minimum atomic E-state index is -0.0690. The highest BCUT2D eigenvalue weighted by Crippen LogP contribution is 2.27. The Morgan fingerprint density at radius 2 is 2.07 bits per heavy atom. The number of pyridine rings is 1. The van der Waals surface area contributed by atoms with Gasteiger partial charge < -0.3 is 25.0 Å². The molecular formula is C22H28N4O4. The highest BCUT2D eigenvalue weighted by molar-refractivity contribution is 5.94. The van der Waals surface area contributed by atoms with Gasteiger partial charge in [-0.1, -0.05) is 6.07 Å². The summed E-state index contributed by atoms with van der Waals surface area (Å²) in [6.07, 6.45) is 4.22. The Morgan fingerprint density at radius 1 is 1.23 bits per heavy atom. The van der Waals surface area contributed by atoms with E-state index < -0.39 is 0 Å². The Balaban J connectivity index is 1.45. The first kappa shape index (κ1) is 21.6. The number of carbonyl (C=O) groups excluding carboxylic acids is 2. The standard InChI is InChI=1S/C22H28N4O4/c1-29-19-6-5-16(12-20(19)30-2)7-9-25-21(27)13-18-15-26(11-10-24-18)22(28)17-4-3-8-23-14-17/h3-6,8,12,14,18,24H,7,9-11,13,15H2,1-2H3,(H,25,27). The van der Waals surface area contributed by atoms with Crippen LogP contribution in [0.2, 0.25) is 0 Å². The Morgan fingerprint density at radius 3 is 2.80 bits per heavy atom. The number of ether oxygens (including phenoxy) is 2. The second-order valence-electron chi connectivity index (χ2n) is 7.14. The van der Waals surface area contributed by atoms with E-state index in [9.17, 15) is 9.59 Å². The van der Waals surface area contributed by atoms with Crippen molar-refractivity contribution >= 4 is 11.8 Å². The van der Waals surface area contributed by atoms with Crippen molar-refractivity contribution in [2.45, 2.75) is 18.9 Å². The zero-order chi connectivity index (χ0) is 21.3. The molecule has 1 saturated heterocycles. The third-order valence-electron chi connectivity index (χ3n) is 5.07. The zero-order valence-corrected chi connectivity index (χ0v) is 17.4. The average molecular weight is 412 g/mol. The molecule has 1 aromatic carbocycles. The summed E-state index contributed by atoms with van der Waals surface area (Å²) in [7, 11) is 3.20. The van der Waals surface area contributed by atoms with Gasteiger partial charge in [-0.3, -0.25) is 14.6 Å². The predicted octanol–water partition coefficient (Wildman–Crippen LogP) is 1.26. The van der Waals surface area contributed by atoms with Gasteiger partial charge >= 0.3 is 0 Å². The lowest BCUT2D eigenvalue weighted by atomic mass is 10.1. The van der Waals surface area contributed by atoms with E-state index in [0.717, 1.165) is 5.56 Å². The molecule has 8 heteroatoms. The minimum Gasteiger partial charge on any atom is -0.493 e. The number of aromatic nitrogens is 1. The molecule has 0 radical (unpaired) electrons. The molecule has 160 valence electrons. The van der Waals surface area contributed by atoms with Crippen molar-refractivity contribution in [3.05, 3.63) is 53.9 Å². The smallest absolute Gasteiger partial charge is 0.255 e. The summed E-state index contributed by atoms with van der Waals surface area (Å²) in [5.41, 5.74) is 1.62. The fourth-order valence-corrected chi connectivity index (χ4v) is 3.50. The second kappa shape index (κ2) is 10.6. The normalized spacial score (nSPS) is 16.1. The van der Waals surface area contributed by atoms with Crippen LogP contribution in [0, 0.1) is 0 Å². The van der Waals surface area contributed by atoms with Crippen molar-refractivity contribution < 1.29 is 19.1 Å². The molecule has 0 aliphatic carbocycles. The van der Waals surface area contributed by atoms with Gasteiger partial charge in [0, 0.05) is 51.0 Å². The first-order chi connectivity index (χ1) is 14.6. The highest BCUT2D eigenvalue weighted by Gasteiger charge is 2.25. The van der Waals surface area contributed by atoms with Crippen LogP contribution in [-0.4, -0.2) is 68.1 Å². The third kappa shape index (κ3) is 5.70. The molecule has 1 aliphatic rings. The first-order valence-electron chi connectivity index (χ1n) is 10.0. The molecule has 1 aliphatic heterocycles. The van der Waals surface area contributed by atoms with Crippen molar-refractivity contribution in [1.82, 2.24) is 20.5 Å². The Kier molecular flexibility index (Phi) is 7.62. The van der Waals surface area contributed by atoms with E-state index in [1.54, 1.807) is 43.6 Å². The van der Waals surface area contributed by atoms with Crippen molar-refractivity contribution in [2.75, 3.05) is 40.4 Å². The molecule has 2 N–H and O–H groups in total. The number of methoxy groups -OCH3 is 2. The van der Waals surface area contributed by atoms with Crippen LogP contribution in [0.1, 0.15) is 22.3 Å². The van der Waals surface area contributed by atoms with Crippen LogP contribution >= 0.6 is 0 Å². The number of piperazine rings is 1. The molecule has 1 atom stereocenters. The van der Waals surface area contributed by atoms with Gasteiger partial charge in [0.2, 0.25) is 5.91 Å². The van der Waals surface area contributed by atoms with Gasteiger partial charge in [-0.2, -0.15) is 0 Å². The number of amides is 2. The number of nitrogens with one attached hydrogen (secondary N) is 2. The summed E-state index contributed by atoms with van der Waals surface area (Å²) in [6.45, 7) is 2.30. The van der Waals surface area contributed by atoms with Crippen molar-refractivity contribution in [3.63, 3.8) is 0 Å². The largest absolute Gasteiger partial charge is 0.493 e. The lowest BCUT2D eigenvalue weighted by Crippen LogP contribution is -2.54. The molecular weight excluding hydrogens is 384 g/mol. The van der Waals surface area contributed by atoms with Crippen molar-refractivity contribution in [3.8, 4) is 11.5 Å². The van der Waals surface area contributed by atoms with Gasteiger partial charge in [-0.15, -0.1) is 0 Å². The van der Waals surface area contributed by atoms with Crippen LogP contribution < -0.4 is 20.1 Å². The maximum atomic E-state index is 12.6. The van der Waals surface area contributed by atoms with E-state index in [4.69, 9.17) is 9.47 Å². The van der Waals surface area contributed by atoms with E-state index in [-0.39, 0.29) is 17.9 Å². The van der Waals surface area contributed by atoms with E-state index >= 15 is 0 Å². The maximum absolute atomic E-state index is 12.6. The molecule has 2 heterocycles. The number of hydrogen-bond acceptors (Lipinski definition) is 6. The van der Waals surface area contributed by atoms with Crippen molar-refractivity contribution in [2.24, 2.45) is 0 Å². The topological polar surface area (TPSA) is 92.8 Å². The molecule has 8 nitrogen and oxygen atoms in total. The monoisotopic (exact) mass is 412 g/mol. The van der Waals surface area contributed by atoms with E-state index in [0.29, 0.717) is 56.1 Å². The third-order valence-corrected chi connectivity index (χ3v) is 5.07. The Bertz CT molecular complexity index is 859. The van der Waals surface area contributed by atoms with Gasteiger partial charge in [0.15, 0.2) is 11.5 Å². The summed E-state index contributed by atoms with van der Waals surface area (Å²) in [6, 6.07) is 9.16. The average Bonchev–Trinajstić information content (AvgIpc) is 2.79.